The maximum atomic E-state index is 10.7. The number of rotatable bonds is 5. The van der Waals surface area contributed by atoms with Crippen molar-refractivity contribution in [1.82, 2.24) is 0 Å². The Hall–Kier alpha value is -0.220. The summed E-state index contributed by atoms with van der Waals surface area (Å²) in [7, 11) is 0. The van der Waals surface area contributed by atoms with Gasteiger partial charge in [-0.25, -0.2) is 0 Å². The molecule has 0 bridgehead atoms. The molecule has 0 radical (unpaired) electrons. The molecule has 0 unspecified atom stereocenters. The van der Waals surface area contributed by atoms with Crippen molar-refractivity contribution in [2.24, 2.45) is 5.73 Å². The van der Waals surface area contributed by atoms with E-state index in [1.54, 1.807) is 6.92 Å². The lowest BCUT2D eigenvalue weighted by Crippen LogP contribution is -2.19. The van der Waals surface area contributed by atoms with Gasteiger partial charge in [0.25, 0.3) is 0 Å². The summed E-state index contributed by atoms with van der Waals surface area (Å²) in [5.74, 6) is 1.06. The topological polar surface area (TPSA) is 52.3 Å². The van der Waals surface area contributed by atoms with Crippen molar-refractivity contribution < 1.29 is 9.53 Å². The molecule has 2 N–H and O–H groups in total. The zero-order valence-corrected chi connectivity index (χ0v) is 7.82. The Morgan fingerprint density at radius 1 is 1.73 bits per heavy atom. The van der Waals surface area contributed by atoms with E-state index in [1.807, 2.05) is 6.92 Å². The minimum atomic E-state index is -0.154. The minimum absolute atomic E-state index is 0.148. The molecule has 0 saturated carbocycles. The fourth-order valence-corrected chi connectivity index (χ4v) is 1.27. The van der Waals surface area contributed by atoms with Gasteiger partial charge in [-0.05, 0) is 13.8 Å². The van der Waals surface area contributed by atoms with E-state index < -0.39 is 0 Å². The first-order valence-corrected chi connectivity index (χ1v) is 4.81. The van der Waals surface area contributed by atoms with Crippen LogP contribution >= 0.6 is 11.8 Å². The number of esters is 1. The monoisotopic (exact) mass is 177 g/mol. The largest absolute Gasteiger partial charge is 0.465 e. The highest BCUT2D eigenvalue weighted by Crippen LogP contribution is 2.01. The first-order valence-electron chi connectivity index (χ1n) is 3.65. The van der Waals surface area contributed by atoms with Crippen LogP contribution in [-0.4, -0.2) is 30.1 Å². The van der Waals surface area contributed by atoms with Crippen molar-refractivity contribution in [3.8, 4) is 0 Å². The van der Waals surface area contributed by atoms with Gasteiger partial charge in [0.2, 0.25) is 0 Å². The van der Waals surface area contributed by atoms with Crippen LogP contribution in [0.5, 0.6) is 0 Å². The Morgan fingerprint density at radius 3 is 2.82 bits per heavy atom. The van der Waals surface area contributed by atoms with Crippen LogP contribution in [0.25, 0.3) is 0 Å². The maximum absolute atomic E-state index is 10.7. The average molecular weight is 177 g/mol. The minimum Gasteiger partial charge on any atom is -0.465 e. The van der Waals surface area contributed by atoms with E-state index in [9.17, 15) is 4.79 Å². The first kappa shape index (κ1) is 10.8. The van der Waals surface area contributed by atoms with Crippen LogP contribution < -0.4 is 5.73 Å². The van der Waals surface area contributed by atoms with Gasteiger partial charge in [0.15, 0.2) is 0 Å². The number of carbonyl (C=O) groups is 1. The second-order valence-corrected chi connectivity index (χ2v) is 3.33. The van der Waals surface area contributed by atoms with Gasteiger partial charge in [-0.15, -0.1) is 11.8 Å². The molecule has 1 atom stereocenters. The van der Waals surface area contributed by atoms with Crippen LogP contribution in [0.1, 0.15) is 13.8 Å². The normalized spacial score (nSPS) is 12.6. The Labute approximate surface area is 71.7 Å². The SMILES string of the molecule is CCOC(=O)CSC[C@H](C)N. The predicted molar refractivity (Wildman–Crippen MR) is 47.6 cm³/mol. The van der Waals surface area contributed by atoms with E-state index in [1.165, 1.54) is 11.8 Å². The number of carbonyl (C=O) groups excluding carboxylic acids is 1. The van der Waals surface area contributed by atoms with Crippen molar-refractivity contribution in [1.29, 1.82) is 0 Å². The molecule has 0 rings (SSSR count). The molecule has 0 saturated heterocycles. The van der Waals surface area contributed by atoms with Crippen LogP contribution in [0.4, 0.5) is 0 Å². The van der Waals surface area contributed by atoms with Crippen LogP contribution in [0.15, 0.2) is 0 Å². The Balaban J connectivity index is 3.17. The van der Waals surface area contributed by atoms with Crippen molar-refractivity contribution in [3.63, 3.8) is 0 Å². The second kappa shape index (κ2) is 6.49. The smallest absolute Gasteiger partial charge is 0.315 e. The lowest BCUT2D eigenvalue weighted by molar-refractivity contribution is -0.139. The lowest BCUT2D eigenvalue weighted by atomic mass is 10.4. The quantitative estimate of drug-likeness (QED) is 0.626. The number of hydrogen-bond acceptors (Lipinski definition) is 4. The molecule has 0 aromatic heterocycles. The molecule has 0 heterocycles. The van der Waals surface area contributed by atoms with Crippen molar-refractivity contribution in [3.05, 3.63) is 0 Å². The van der Waals surface area contributed by atoms with Gasteiger partial charge in [-0.2, -0.15) is 0 Å². The van der Waals surface area contributed by atoms with Gasteiger partial charge in [0.05, 0.1) is 12.4 Å². The molecular weight excluding hydrogens is 162 g/mol. The third kappa shape index (κ3) is 7.68. The summed E-state index contributed by atoms with van der Waals surface area (Å²) in [6.45, 7) is 4.17. The summed E-state index contributed by atoms with van der Waals surface area (Å²) in [5.41, 5.74) is 5.48. The van der Waals surface area contributed by atoms with Gasteiger partial charge in [0, 0.05) is 11.8 Å². The van der Waals surface area contributed by atoms with Gasteiger partial charge >= 0.3 is 5.97 Å². The van der Waals surface area contributed by atoms with Crippen LogP contribution in [0, 0.1) is 0 Å². The van der Waals surface area contributed by atoms with Crippen LogP contribution in [-0.2, 0) is 9.53 Å². The molecule has 0 aromatic carbocycles. The van der Waals surface area contributed by atoms with Crippen LogP contribution in [0.2, 0.25) is 0 Å². The molecule has 0 aromatic rings. The van der Waals surface area contributed by atoms with Gasteiger partial charge in [-0.3, -0.25) is 4.79 Å². The summed E-state index contributed by atoms with van der Waals surface area (Å²) in [6.07, 6.45) is 0. The molecular formula is C7H15NO2S. The molecule has 66 valence electrons. The molecule has 0 aliphatic heterocycles. The molecule has 0 aliphatic rings. The van der Waals surface area contributed by atoms with E-state index in [0.717, 1.165) is 5.75 Å². The van der Waals surface area contributed by atoms with E-state index in [0.29, 0.717) is 12.4 Å². The number of thioether (sulfide) groups is 1. The maximum Gasteiger partial charge on any atom is 0.315 e. The molecule has 0 spiro atoms. The number of hydrogen-bond donors (Lipinski definition) is 1. The summed E-state index contributed by atoms with van der Waals surface area (Å²) in [6, 6.07) is 0.148. The van der Waals surface area contributed by atoms with E-state index in [2.05, 4.69) is 0 Å². The fraction of sp³-hybridized carbons (Fsp3) is 0.857. The van der Waals surface area contributed by atoms with Crippen molar-refractivity contribution in [2.45, 2.75) is 19.9 Å². The van der Waals surface area contributed by atoms with Crippen LogP contribution in [0.3, 0.4) is 0 Å². The zero-order chi connectivity index (χ0) is 8.69. The molecule has 0 fully saturated rings. The van der Waals surface area contributed by atoms with Crippen molar-refractivity contribution in [2.75, 3.05) is 18.1 Å². The third-order valence-corrected chi connectivity index (χ3v) is 2.11. The van der Waals surface area contributed by atoms with Crippen molar-refractivity contribution >= 4 is 17.7 Å². The first-order chi connectivity index (χ1) is 5.16. The standard InChI is InChI=1S/C7H15NO2S/c1-3-10-7(9)5-11-4-6(2)8/h6H,3-5,8H2,1-2H3/t6-/m0/s1. The van der Waals surface area contributed by atoms with E-state index >= 15 is 0 Å². The molecule has 3 nitrogen and oxygen atoms in total. The molecule has 4 heteroatoms. The van der Waals surface area contributed by atoms with Gasteiger partial charge < -0.3 is 10.5 Å². The lowest BCUT2D eigenvalue weighted by Gasteiger charge is -2.03. The predicted octanol–water partition coefficient (Wildman–Crippen LogP) is 0.630. The summed E-state index contributed by atoms with van der Waals surface area (Å²) in [5, 5.41) is 0. The molecule has 0 amide bonds. The molecule has 0 aliphatic carbocycles. The molecule has 11 heavy (non-hydrogen) atoms. The number of nitrogens with two attached hydrogens (primary N) is 1. The summed E-state index contributed by atoms with van der Waals surface area (Å²) in [4.78, 5) is 10.7. The van der Waals surface area contributed by atoms with E-state index in [4.69, 9.17) is 10.5 Å². The summed E-state index contributed by atoms with van der Waals surface area (Å²) < 4.78 is 4.72. The van der Waals surface area contributed by atoms with Gasteiger partial charge in [-0.1, -0.05) is 0 Å². The Morgan fingerprint density at radius 2 is 2.36 bits per heavy atom. The van der Waals surface area contributed by atoms with E-state index in [-0.39, 0.29) is 12.0 Å². The number of ether oxygens (including phenoxy) is 1. The zero-order valence-electron chi connectivity index (χ0n) is 7.00. The third-order valence-electron chi connectivity index (χ3n) is 0.906. The van der Waals surface area contributed by atoms with Gasteiger partial charge in [0.1, 0.15) is 0 Å². The Kier molecular flexibility index (Phi) is 6.36. The fourth-order valence-electron chi connectivity index (χ4n) is 0.531. The highest BCUT2D eigenvalue weighted by atomic mass is 32.2. The highest BCUT2D eigenvalue weighted by Gasteiger charge is 2.01. The second-order valence-electron chi connectivity index (χ2n) is 2.30. The average Bonchev–Trinajstić information content (AvgIpc) is 1.87. The highest BCUT2D eigenvalue weighted by molar-refractivity contribution is 7.99. The Bertz CT molecular complexity index is 117. The summed E-state index contributed by atoms with van der Waals surface area (Å²) >= 11 is 1.51.